The average molecular weight is 536 g/mol. The van der Waals surface area contributed by atoms with E-state index in [1.807, 2.05) is 0 Å². The second kappa shape index (κ2) is 8.30. The molecular formula is C30H47O6S-. The van der Waals surface area contributed by atoms with Crippen molar-refractivity contribution in [1.82, 2.24) is 0 Å². The maximum absolute atomic E-state index is 12.8. The third-order valence-electron chi connectivity index (χ3n) is 13.7. The zero-order chi connectivity index (χ0) is 27.4. The molecule has 5 saturated carbocycles. The maximum atomic E-state index is 12.8. The van der Waals surface area contributed by atoms with E-state index in [1.54, 1.807) is 0 Å². The highest BCUT2D eigenvalue weighted by Gasteiger charge is 2.72. The molecule has 210 valence electrons. The molecule has 0 amide bonds. The van der Waals surface area contributed by atoms with Gasteiger partial charge >= 0.3 is 5.97 Å². The van der Waals surface area contributed by atoms with Crippen LogP contribution in [0.1, 0.15) is 106 Å². The first-order chi connectivity index (χ1) is 16.9. The van der Waals surface area contributed by atoms with Crippen molar-refractivity contribution in [3.8, 4) is 0 Å². The second-order valence-electron chi connectivity index (χ2n) is 15.0. The summed E-state index contributed by atoms with van der Waals surface area (Å²) in [6.07, 6.45) is 8.46. The van der Waals surface area contributed by atoms with Gasteiger partial charge < -0.3 is 9.66 Å². The number of allylic oxidation sites excluding steroid dienone is 1. The molecule has 1 N–H and O–H groups in total. The van der Waals surface area contributed by atoms with Gasteiger partial charge in [-0.1, -0.05) is 46.8 Å². The lowest BCUT2D eigenvalue weighted by atomic mass is 9.32. The van der Waals surface area contributed by atoms with Crippen LogP contribution in [0.2, 0.25) is 0 Å². The van der Waals surface area contributed by atoms with E-state index in [0.29, 0.717) is 18.3 Å². The molecule has 0 spiro atoms. The summed E-state index contributed by atoms with van der Waals surface area (Å²) in [7, 11) is -4.75. The van der Waals surface area contributed by atoms with Gasteiger partial charge in [0.05, 0.1) is 11.5 Å². The van der Waals surface area contributed by atoms with Crippen LogP contribution >= 0.6 is 0 Å². The van der Waals surface area contributed by atoms with E-state index < -0.39 is 33.3 Å². The fraction of sp³-hybridized carbons (Fsp3) is 0.900. The molecule has 5 rings (SSSR count). The molecule has 0 unspecified atom stereocenters. The molecule has 37 heavy (non-hydrogen) atoms. The van der Waals surface area contributed by atoms with Gasteiger partial charge in [0.2, 0.25) is 10.4 Å². The molecule has 0 aromatic carbocycles. The molecule has 5 fully saturated rings. The van der Waals surface area contributed by atoms with Crippen LogP contribution < -0.4 is 0 Å². The van der Waals surface area contributed by atoms with Crippen molar-refractivity contribution in [3.63, 3.8) is 0 Å². The van der Waals surface area contributed by atoms with Crippen molar-refractivity contribution >= 4 is 16.4 Å². The highest BCUT2D eigenvalue weighted by molar-refractivity contribution is 7.80. The van der Waals surface area contributed by atoms with Gasteiger partial charge in [-0.2, -0.15) is 0 Å². The highest BCUT2D eigenvalue weighted by atomic mass is 32.3. The minimum atomic E-state index is -4.75. The molecule has 10 atom stereocenters. The van der Waals surface area contributed by atoms with Gasteiger partial charge in [-0.25, -0.2) is 8.42 Å². The predicted octanol–water partition coefficient (Wildman–Crippen LogP) is 6.57. The standard InChI is InChI=1S/C30H48O6S/c1-18(2)19-10-15-30(25(31)32)17-16-28(6)20(24(19)30)8-9-22-27(5)13-12-23(36-37(33,34)35)26(3,4)21(27)11-14-29(22,28)7/h19-24H,1,8-17H2,2-7H3,(H,31,32)(H,33,34,35)/p-1/t19-,20+,21-,22+,23+,24+,27-,28+,29+,30-/m0/s1. The van der Waals surface area contributed by atoms with Crippen molar-refractivity contribution in [2.24, 2.45) is 56.7 Å². The Kier molecular flexibility index (Phi) is 6.20. The van der Waals surface area contributed by atoms with Gasteiger partial charge in [0.1, 0.15) is 0 Å². The number of hydrogen-bond donors (Lipinski definition) is 1. The molecule has 0 bridgehead atoms. The predicted molar refractivity (Wildman–Crippen MR) is 141 cm³/mol. The van der Waals surface area contributed by atoms with Gasteiger partial charge in [-0.15, -0.1) is 0 Å². The van der Waals surface area contributed by atoms with Gasteiger partial charge in [0.25, 0.3) is 0 Å². The first-order valence-electron chi connectivity index (χ1n) is 14.5. The van der Waals surface area contributed by atoms with E-state index in [4.69, 9.17) is 4.18 Å². The molecule has 5 aliphatic rings. The minimum absolute atomic E-state index is 0.0295. The normalized spacial score (nSPS) is 50.8. The number of fused-ring (bicyclic) bond motifs is 7. The number of carboxylic acids is 1. The number of aliphatic carboxylic acids is 1. The summed E-state index contributed by atoms with van der Waals surface area (Å²) in [5.41, 5.74) is 0.296. The first-order valence-corrected chi connectivity index (χ1v) is 15.8. The van der Waals surface area contributed by atoms with Crippen LogP contribution in [-0.2, 0) is 19.4 Å². The molecule has 0 heterocycles. The van der Waals surface area contributed by atoms with Crippen molar-refractivity contribution < 1.29 is 27.1 Å². The minimum Gasteiger partial charge on any atom is -0.726 e. The quantitative estimate of drug-likeness (QED) is 0.248. The molecule has 0 saturated heterocycles. The lowest BCUT2D eigenvalue weighted by Gasteiger charge is -2.72. The van der Waals surface area contributed by atoms with E-state index in [1.165, 1.54) is 0 Å². The lowest BCUT2D eigenvalue weighted by molar-refractivity contribution is -0.246. The Bertz CT molecular complexity index is 1100. The maximum Gasteiger partial charge on any atom is 0.309 e. The molecule has 0 aliphatic heterocycles. The van der Waals surface area contributed by atoms with E-state index in [2.05, 4.69) is 48.1 Å². The summed E-state index contributed by atoms with van der Waals surface area (Å²) in [6.45, 7) is 18.0. The Hall–Kier alpha value is -0.920. The van der Waals surface area contributed by atoms with E-state index in [-0.39, 0.29) is 34.0 Å². The van der Waals surface area contributed by atoms with Crippen molar-refractivity contribution in [2.45, 2.75) is 112 Å². The Morgan fingerprint density at radius 3 is 2.16 bits per heavy atom. The monoisotopic (exact) mass is 535 g/mol. The SMILES string of the molecule is C=C(C)[C@@H]1CC[C@]2(C(=O)O)CC[C@]3(C)[C@H](CC[C@@H]4[C@@]5(C)CC[C@@H](OS(=O)(=O)[O-])C(C)(C)[C@@H]5CC[C@]43C)[C@@H]12. The topological polar surface area (TPSA) is 104 Å². The molecule has 0 radical (unpaired) electrons. The fourth-order valence-corrected chi connectivity index (χ4v) is 12.4. The number of carbonyl (C=O) groups is 1. The van der Waals surface area contributed by atoms with Crippen LogP contribution in [0.4, 0.5) is 0 Å². The van der Waals surface area contributed by atoms with Crippen molar-refractivity contribution in [1.29, 1.82) is 0 Å². The smallest absolute Gasteiger partial charge is 0.309 e. The van der Waals surface area contributed by atoms with Crippen LogP contribution in [0.5, 0.6) is 0 Å². The summed E-state index contributed by atoms with van der Waals surface area (Å²) < 4.78 is 39.7. The molecular weight excluding hydrogens is 488 g/mol. The van der Waals surface area contributed by atoms with Crippen LogP contribution in [0, 0.1) is 56.7 Å². The van der Waals surface area contributed by atoms with E-state index >= 15 is 0 Å². The van der Waals surface area contributed by atoms with E-state index in [9.17, 15) is 22.9 Å². The van der Waals surface area contributed by atoms with Crippen molar-refractivity contribution in [3.05, 3.63) is 12.2 Å². The third kappa shape index (κ3) is 3.61. The lowest BCUT2D eigenvalue weighted by Crippen LogP contribution is -2.67. The van der Waals surface area contributed by atoms with Gasteiger partial charge in [0, 0.05) is 0 Å². The average Bonchev–Trinajstić information content (AvgIpc) is 3.17. The van der Waals surface area contributed by atoms with Crippen LogP contribution in [-0.4, -0.2) is 30.2 Å². The zero-order valence-electron chi connectivity index (χ0n) is 23.6. The van der Waals surface area contributed by atoms with Crippen molar-refractivity contribution in [2.75, 3.05) is 0 Å². The Labute approximate surface area is 224 Å². The third-order valence-corrected chi connectivity index (χ3v) is 14.1. The highest BCUT2D eigenvalue weighted by Crippen LogP contribution is 2.77. The summed E-state index contributed by atoms with van der Waals surface area (Å²) in [5.74, 6) is 0.975. The Balaban J connectivity index is 1.52. The molecule has 7 heteroatoms. The number of rotatable bonds is 4. The van der Waals surface area contributed by atoms with Crippen LogP contribution in [0.15, 0.2) is 12.2 Å². The second-order valence-corrected chi connectivity index (χ2v) is 16.0. The first kappa shape index (κ1) is 27.6. The van der Waals surface area contributed by atoms with Gasteiger partial charge in [-0.05, 0) is 122 Å². The Morgan fingerprint density at radius 2 is 1.57 bits per heavy atom. The summed E-state index contributed by atoms with van der Waals surface area (Å²) in [5, 5.41) is 10.5. The molecule has 5 aliphatic carbocycles. The largest absolute Gasteiger partial charge is 0.726 e. The van der Waals surface area contributed by atoms with E-state index in [0.717, 1.165) is 63.4 Å². The molecule has 0 aromatic heterocycles. The Morgan fingerprint density at radius 1 is 0.892 bits per heavy atom. The fourth-order valence-electron chi connectivity index (χ4n) is 11.8. The number of carboxylic acid groups (broad SMARTS) is 1. The molecule has 6 nitrogen and oxygen atoms in total. The van der Waals surface area contributed by atoms with Crippen LogP contribution in [0.25, 0.3) is 0 Å². The summed E-state index contributed by atoms with van der Waals surface area (Å²) in [4.78, 5) is 12.8. The summed E-state index contributed by atoms with van der Waals surface area (Å²) in [6, 6.07) is 0. The van der Waals surface area contributed by atoms with Gasteiger partial charge in [-0.3, -0.25) is 8.98 Å². The molecule has 0 aromatic rings. The summed E-state index contributed by atoms with van der Waals surface area (Å²) >= 11 is 0. The number of hydrogen-bond acceptors (Lipinski definition) is 5. The van der Waals surface area contributed by atoms with Crippen LogP contribution in [0.3, 0.4) is 0 Å². The van der Waals surface area contributed by atoms with Gasteiger partial charge in [0.15, 0.2) is 0 Å². The zero-order valence-corrected chi connectivity index (χ0v) is 24.5.